The van der Waals surface area contributed by atoms with Crippen LogP contribution in [0.1, 0.15) is 43.9 Å². The molecule has 0 aliphatic rings. The number of thioether (sulfide) groups is 2. The van der Waals surface area contributed by atoms with E-state index in [2.05, 4.69) is 47.0 Å². The second-order valence-corrected chi connectivity index (χ2v) is 18.4. The Bertz CT molecular complexity index is 2360. The van der Waals surface area contributed by atoms with Crippen LogP contribution in [0.25, 0.3) is 22.4 Å². The number of carbonyl (C=O) groups is 3. The number of benzene rings is 5. The highest BCUT2D eigenvalue weighted by Crippen LogP contribution is 2.48. The fourth-order valence-corrected chi connectivity index (χ4v) is 9.41. The van der Waals surface area contributed by atoms with Gasteiger partial charge in [-0.15, -0.1) is 11.8 Å². The van der Waals surface area contributed by atoms with Crippen LogP contribution in [0.2, 0.25) is 0 Å². The number of hydrogen-bond acceptors (Lipinski definition) is 11. The minimum atomic E-state index is -1.91. The van der Waals surface area contributed by atoms with E-state index in [9.17, 15) is 14.4 Å². The molecule has 0 saturated heterocycles. The number of nitrogens with two attached hydrogens (primary N) is 1. The summed E-state index contributed by atoms with van der Waals surface area (Å²) in [7, 11) is 1.21. The number of ketones is 1. The number of aromatic nitrogens is 1. The van der Waals surface area contributed by atoms with Crippen molar-refractivity contribution < 1.29 is 28.6 Å². The van der Waals surface area contributed by atoms with Gasteiger partial charge < -0.3 is 30.6 Å². The van der Waals surface area contributed by atoms with E-state index >= 15 is 0 Å². The summed E-state index contributed by atoms with van der Waals surface area (Å²) >= 11 is 3.17. The molecule has 1 unspecified atom stereocenters. The fraction of sp³-hybridized carbons (Fsp3) is 0.269. The molecule has 12 heteroatoms. The summed E-state index contributed by atoms with van der Waals surface area (Å²) < 4.78 is 16.4. The number of hydrogen-bond donors (Lipinski definition) is 3. The van der Waals surface area contributed by atoms with E-state index < -0.39 is 46.4 Å². The molecule has 0 aliphatic carbocycles. The van der Waals surface area contributed by atoms with Gasteiger partial charge >= 0.3 is 12.1 Å². The quantitative estimate of drug-likeness (QED) is 0.0383. The Kier molecular flexibility index (Phi) is 16.3. The van der Waals surface area contributed by atoms with Crippen LogP contribution < -0.4 is 21.1 Å². The summed E-state index contributed by atoms with van der Waals surface area (Å²) in [5, 5.41) is 6.62. The van der Waals surface area contributed by atoms with E-state index in [1.54, 1.807) is 11.8 Å². The number of anilines is 1. The molecular weight excluding hydrogens is 841 g/mol. The first-order valence-corrected chi connectivity index (χ1v) is 23.5. The number of rotatable bonds is 20. The van der Waals surface area contributed by atoms with Crippen molar-refractivity contribution in [3.63, 3.8) is 0 Å². The number of Topliss-reactive ketones (excluding diaryl/α,β-unsaturated/α-hetero) is 1. The van der Waals surface area contributed by atoms with E-state index in [-0.39, 0.29) is 18.8 Å². The first kappa shape index (κ1) is 47.4. The SMILES string of the molecule is COC(=O)[C@@](N)(CCSC)C(=O)COc1nc(-c2ccccc2-c2ccccc2)ccc1NCC(CSC(c1ccccc1)(c1ccccc1)c1ccccc1)NC(=O)OC(C)(C)C. The van der Waals surface area contributed by atoms with Crippen LogP contribution in [0.5, 0.6) is 5.88 Å². The zero-order valence-corrected chi connectivity index (χ0v) is 38.5. The van der Waals surface area contributed by atoms with Gasteiger partial charge in [-0.25, -0.2) is 14.6 Å². The second-order valence-electron chi connectivity index (χ2n) is 16.2. The Morgan fingerprint density at radius 1 is 0.719 bits per heavy atom. The molecule has 6 aromatic rings. The number of esters is 1. The maximum absolute atomic E-state index is 13.8. The Balaban J connectivity index is 1.38. The summed E-state index contributed by atoms with van der Waals surface area (Å²) in [5.74, 6) is -0.478. The molecule has 0 aliphatic heterocycles. The summed E-state index contributed by atoms with van der Waals surface area (Å²) in [4.78, 5) is 45.3. The van der Waals surface area contributed by atoms with Crippen LogP contribution >= 0.6 is 23.5 Å². The van der Waals surface area contributed by atoms with Gasteiger partial charge in [0.2, 0.25) is 11.7 Å². The van der Waals surface area contributed by atoms with Gasteiger partial charge in [0.05, 0.1) is 29.3 Å². The third-order valence-corrected chi connectivity index (χ3v) is 12.9. The molecule has 10 nitrogen and oxygen atoms in total. The van der Waals surface area contributed by atoms with Gasteiger partial charge in [-0.1, -0.05) is 146 Å². The van der Waals surface area contributed by atoms with Crippen molar-refractivity contribution in [2.45, 2.75) is 49.1 Å². The molecular formula is C52H56N4O6S2. The smallest absolute Gasteiger partial charge is 0.407 e. The van der Waals surface area contributed by atoms with Gasteiger partial charge in [0.1, 0.15) is 5.60 Å². The zero-order valence-electron chi connectivity index (χ0n) is 36.9. The van der Waals surface area contributed by atoms with Crippen LogP contribution in [0.15, 0.2) is 158 Å². The van der Waals surface area contributed by atoms with Crippen LogP contribution in [0.3, 0.4) is 0 Å². The molecule has 0 saturated carbocycles. The van der Waals surface area contributed by atoms with Gasteiger partial charge in [0, 0.05) is 17.9 Å². The normalized spacial score (nSPS) is 12.9. The Morgan fingerprint density at radius 3 is 1.78 bits per heavy atom. The van der Waals surface area contributed by atoms with Crippen LogP contribution in [-0.4, -0.2) is 78.0 Å². The number of carbonyl (C=O) groups excluding carboxylic acids is 3. The summed E-state index contributed by atoms with van der Waals surface area (Å²) in [5.41, 5.74) is 10.9. The number of amides is 1. The van der Waals surface area contributed by atoms with Gasteiger partial charge in [0.15, 0.2) is 12.1 Å². The van der Waals surface area contributed by atoms with E-state index in [4.69, 9.17) is 24.9 Å². The highest BCUT2D eigenvalue weighted by Gasteiger charge is 2.43. The molecule has 64 heavy (non-hydrogen) atoms. The first-order chi connectivity index (χ1) is 30.9. The maximum atomic E-state index is 13.8. The zero-order chi connectivity index (χ0) is 45.6. The molecule has 0 spiro atoms. The standard InChI is InChI=1S/C52H56N4O6S2/c1-50(2,3)62-49(59)55-41(36-64-52(38-22-12-7-13-23-38,39-24-14-8-15-25-39)40-26-16-9-17-27-40)34-54-45-31-30-44(43-29-19-18-28-42(43)37-20-10-6-11-21-37)56-47(45)61-35-46(57)51(53,32-33-63-5)48(58)60-4/h6-31,41,54H,32-36,53H2,1-5H3,(H,55,59)/t41?,51-/m1/s1. The number of alkyl carbamates (subject to hydrolysis) is 1. The highest BCUT2D eigenvalue weighted by molar-refractivity contribution is 8.00. The molecule has 1 heterocycles. The van der Waals surface area contributed by atoms with Crippen molar-refractivity contribution >= 4 is 47.1 Å². The summed E-state index contributed by atoms with van der Waals surface area (Å²) in [6, 6.07) is 52.2. The predicted octanol–water partition coefficient (Wildman–Crippen LogP) is 10.0. The van der Waals surface area contributed by atoms with Crippen molar-refractivity contribution in [1.82, 2.24) is 10.3 Å². The van der Waals surface area contributed by atoms with Crippen molar-refractivity contribution in [2.75, 3.05) is 43.3 Å². The van der Waals surface area contributed by atoms with Gasteiger partial charge in [-0.3, -0.25) is 4.79 Å². The average molecular weight is 897 g/mol. The van der Waals surface area contributed by atoms with Crippen LogP contribution in [0.4, 0.5) is 10.5 Å². The van der Waals surface area contributed by atoms with E-state index in [1.165, 1.54) is 18.9 Å². The number of ether oxygens (including phenoxy) is 3. The largest absolute Gasteiger partial charge is 0.468 e. The summed E-state index contributed by atoms with van der Waals surface area (Å²) in [6.07, 6.45) is 1.37. The predicted molar refractivity (Wildman–Crippen MR) is 261 cm³/mol. The lowest BCUT2D eigenvalue weighted by Gasteiger charge is -2.37. The fourth-order valence-electron chi connectivity index (χ4n) is 7.33. The molecule has 1 amide bonds. The Morgan fingerprint density at radius 2 is 1.25 bits per heavy atom. The lowest BCUT2D eigenvalue weighted by Crippen LogP contribution is -2.57. The molecule has 2 atom stereocenters. The number of nitrogens with zero attached hydrogens (tertiary/aromatic N) is 1. The molecule has 0 radical (unpaired) electrons. The molecule has 6 rings (SSSR count). The highest BCUT2D eigenvalue weighted by atomic mass is 32.2. The molecule has 0 bridgehead atoms. The number of methoxy groups -OCH3 is 1. The van der Waals surface area contributed by atoms with E-state index in [0.29, 0.717) is 22.9 Å². The van der Waals surface area contributed by atoms with Gasteiger partial charge in [0.25, 0.3) is 0 Å². The average Bonchev–Trinajstić information content (AvgIpc) is 3.32. The number of pyridine rings is 1. The van der Waals surface area contributed by atoms with E-state index in [0.717, 1.165) is 33.4 Å². The minimum Gasteiger partial charge on any atom is -0.468 e. The molecule has 4 N–H and O–H groups in total. The number of nitrogens with one attached hydrogen (secondary N) is 2. The molecule has 5 aromatic carbocycles. The van der Waals surface area contributed by atoms with Crippen molar-refractivity contribution in [3.8, 4) is 28.3 Å². The molecule has 1 aromatic heterocycles. The van der Waals surface area contributed by atoms with Crippen LogP contribution in [0, 0.1) is 0 Å². The topological polar surface area (TPSA) is 142 Å². The lowest BCUT2D eigenvalue weighted by atomic mass is 9.84. The van der Waals surface area contributed by atoms with Crippen molar-refractivity contribution in [1.29, 1.82) is 0 Å². The van der Waals surface area contributed by atoms with Gasteiger partial charge in [-0.05, 0) is 79.2 Å². The van der Waals surface area contributed by atoms with Crippen molar-refractivity contribution in [3.05, 3.63) is 174 Å². The second kappa shape index (κ2) is 22.0. The summed E-state index contributed by atoms with van der Waals surface area (Å²) in [6.45, 7) is 5.14. The Labute approximate surface area is 385 Å². The molecule has 332 valence electrons. The van der Waals surface area contributed by atoms with E-state index in [1.807, 2.05) is 148 Å². The van der Waals surface area contributed by atoms with Crippen molar-refractivity contribution in [2.24, 2.45) is 5.73 Å². The van der Waals surface area contributed by atoms with Gasteiger partial charge in [-0.2, -0.15) is 11.8 Å². The molecule has 0 fully saturated rings. The monoisotopic (exact) mass is 896 g/mol. The maximum Gasteiger partial charge on any atom is 0.407 e. The Hall–Kier alpha value is -6.08. The van der Waals surface area contributed by atoms with Crippen LogP contribution in [-0.2, 0) is 23.8 Å². The minimum absolute atomic E-state index is 0.0676. The third-order valence-electron chi connectivity index (χ3n) is 10.5. The first-order valence-electron chi connectivity index (χ1n) is 21.1. The lowest BCUT2D eigenvalue weighted by molar-refractivity contribution is -0.152. The third kappa shape index (κ3) is 11.7.